The highest BCUT2D eigenvalue weighted by Crippen LogP contribution is 2.34. The van der Waals surface area contributed by atoms with Crippen molar-refractivity contribution in [2.24, 2.45) is 16.1 Å². The summed E-state index contributed by atoms with van der Waals surface area (Å²) < 4.78 is 38.7. The lowest BCUT2D eigenvalue weighted by Gasteiger charge is -2.44. The molecule has 0 aromatic heterocycles. The van der Waals surface area contributed by atoms with Crippen molar-refractivity contribution in [2.75, 3.05) is 25.0 Å². The maximum atomic E-state index is 12.9. The van der Waals surface area contributed by atoms with Crippen LogP contribution in [-0.2, 0) is 6.18 Å². The lowest BCUT2D eigenvalue weighted by Crippen LogP contribution is -2.49. The van der Waals surface area contributed by atoms with Crippen LogP contribution in [0.2, 0.25) is 0 Å². The Bertz CT molecular complexity index is 968. The lowest BCUT2D eigenvalue weighted by atomic mass is 9.83. The average Bonchev–Trinajstić information content (AvgIpc) is 2.79. The van der Waals surface area contributed by atoms with E-state index in [4.69, 9.17) is 0 Å². The number of fused-ring (bicyclic) bond motifs is 1. The predicted molar refractivity (Wildman–Crippen MR) is 122 cm³/mol. The number of azo groups is 1. The van der Waals surface area contributed by atoms with Crippen LogP contribution in [0.5, 0.6) is 0 Å². The Labute approximate surface area is 187 Å². The number of halogens is 3. The van der Waals surface area contributed by atoms with E-state index in [1.807, 2.05) is 19.1 Å². The molecule has 0 unspecified atom stereocenters. The summed E-state index contributed by atoms with van der Waals surface area (Å²) in [6, 6.07) is 9.51. The minimum Gasteiger partial charge on any atom is -0.384 e. The number of nitrogens with zero attached hydrogens (tertiary/aromatic N) is 3. The Kier molecular flexibility index (Phi) is 6.84. The van der Waals surface area contributed by atoms with Gasteiger partial charge in [-0.15, -0.1) is 0 Å². The van der Waals surface area contributed by atoms with E-state index in [1.165, 1.54) is 57.3 Å². The van der Waals surface area contributed by atoms with Crippen molar-refractivity contribution in [3.8, 4) is 0 Å². The number of benzene rings is 2. The molecule has 0 bridgehead atoms. The molecule has 2 aliphatic heterocycles. The second-order valence-electron chi connectivity index (χ2n) is 9.01. The zero-order valence-corrected chi connectivity index (χ0v) is 18.8. The minimum absolute atomic E-state index is 0.188. The zero-order valence-electron chi connectivity index (χ0n) is 18.8. The Balaban J connectivity index is 1.44. The van der Waals surface area contributed by atoms with Crippen LogP contribution in [0.1, 0.15) is 48.8 Å². The van der Waals surface area contributed by atoms with Gasteiger partial charge in [0.25, 0.3) is 0 Å². The first-order valence-corrected chi connectivity index (χ1v) is 11.5. The number of hydrogen-bond acceptors (Lipinski definition) is 4. The molecular weight excluding hydrogens is 413 g/mol. The summed E-state index contributed by atoms with van der Waals surface area (Å²) in [5, 5.41) is 11.9. The number of rotatable bonds is 5. The normalized spacial score (nSPS) is 22.2. The van der Waals surface area contributed by atoms with E-state index in [0.29, 0.717) is 17.6 Å². The Morgan fingerprint density at radius 2 is 1.78 bits per heavy atom. The molecule has 0 spiro atoms. The SMILES string of the molecule is Cc1c(N=Nc2cccc(C(F)(F)F)c2)ccc(NC[C@@H]2CCCN3CCCC[C@H]23)c1C. The molecule has 2 aromatic rings. The molecule has 2 saturated heterocycles. The zero-order chi connectivity index (χ0) is 22.7. The quantitative estimate of drug-likeness (QED) is 0.488. The van der Waals surface area contributed by atoms with Crippen LogP contribution in [0, 0.1) is 19.8 Å². The molecule has 2 fully saturated rings. The molecule has 7 heteroatoms. The van der Waals surface area contributed by atoms with Gasteiger partial charge in [-0.3, -0.25) is 0 Å². The van der Waals surface area contributed by atoms with Gasteiger partial charge in [-0.05, 0) is 100.0 Å². The van der Waals surface area contributed by atoms with Gasteiger partial charge in [-0.2, -0.15) is 23.4 Å². The molecule has 172 valence electrons. The molecule has 0 aliphatic carbocycles. The summed E-state index contributed by atoms with van der Waals surface area (Å²) in [7, 11) is 0. The van der Waals surface area contributed by atoms with Gasteiger partial charge in [-0.1, -0.05) is 12.5 Å². The minimum atomic E-state index is -4.39. The third-order valence-electron chi connectivity index (χ3n) is 6.99. The number of alkyl halides is 3. The number of anilines is 1. The summed E-state index contributed by atoms with van der Waals surface area (Å²) in [6.45, 7) is 7.47. The van der Waals surface area contributed by atoms with Crippen molar-refractivity contribution in [1.29, 1.82) is 0 Å². The molecule has 4 rings (SSSR count). The number of piperidine rings is 2. The van der Waals surface area contributed by atoms with Gasteiger partial charge in [0.05, 0.1) is 16.9 Å². The summed E-state index contributed by atoms with van der Waals surface area (Å²) in [5.74, 6) is 0.670. The second-order valence-corrected chi connectivity index (χ2v) is 9.01. The first-order chi connectivity index (χ1) is 15.3. The van der Waals surface area contributed by atoms with E-state index in [0.717, 1.165) is 35.5 Å². The van der Waals surface area contributed by atoms with E-state index in [9.17, 15) is 13.2 Å². The Hall–Kier alpha value is -2.41. The van der Waals surface area contributed by atoms with Crippen LogP contribution in [0.3, 0.4) is 0 Å². The van der Waals surface area contributed by atoms with Crippen molar-refractivity contribution in [2.45, 2.75) is 58.2 Å². The molecule has 2 aliphatic rings. The van der Waals surface area contributed by atoms with Crippen molar-refractivity contribution in [1.82, 2.24) is 4.90 Å². The van der Waals surface area contributed by atoms with Gasteiger partial charge in [0.2, 0.25) is 0 Å². The molecule has 0 amide bonds. The number of hydrogen-bond donors (Lipinski definition) is 1. The largest absolute Gasteiger partial charge is 0.416 e. The summed E-state index contributed by atoms with van der Waals surface area (Å²) in [6.07, 6.45) is 2.12. The van der Waals surface area contributed by atoms with E-state index in [1.54, 1.807) is 0 Å². The molecule has 0 radical (unpaired) electrons. The topological polar surface area (TPSA) is 40.0 Å². The summed E-state index contributed by atoms with van der Waals surface area (Å²) in [5.41, 5.74) is 3.31. The van der Waals surface area contributed by atoms with Gasteiger partial charge in [0, 0.05) is 18.3 Å². The van der Waals surface area contributed by atoms with Crippen molar-refractivity contribution >= 4 is 17.1 Å². The van der Waals surface area contributed by atoms with Crippen LogP contribution in [0.4, 0.5) is 30.2 Å². The number of nitrogens with one attached hydrogen (secondary N) is 1. The molecular formula is C25H31F3N4. The van der Waals surface area contributed by atoms with Gasteiger partial charge < -0.3 is 10.2 Å². The van der Waals surface area contributed by atoms with Gasteiger partial charge in [-0.25, -0.2) is 0 Å². The predicted octanol–water partition coefficient (Wildman–Crippen LogP) is 7.41. The van der Waals surface area contributed by atoms with Crippen LogP contribution in [0.25, 0.3) is 0 Å². The van der Waals surface area contributed by atoms with Crippen LogP contribution >= 0.6 is 0 Å². The maximum Gasteiger partial charge on any atom is 0.416 e. The van der Waals surface area contributed by atoms with E-state index in [2.05, 4.69) is 27.4 Å². The van der Waals surface area contributed by atoms with Crippen molar-refractivity contribution in [3.05, 3.63) is 53.1 Å². The van der Waals surface area contributed by atoms with Crippen LogP contribution in [-0.4, -0.2) is 30.6 Å². The average molecular weight is 445 g/mol. The fourth-order valence-corrected chi connectivity index (χ4v) is 5.02. The standard InChI is InChI=1S/C25H31F3N4/c1-17-18(2)23(31-30-21-9-5-8-20(15-21)25(26,27)28)12-11-22(17)29-16-19-7-6-14-32-13-4-3-10-24(19)32/h5,8-9,11-12,15,19,24,29H,3-4,6-7,10,13-14,16H2,1-2H3/t19-,24+/m0/s1. The van der Waals surface area contributed by atoms with Crippen molar-refractivity contribution < 1.29 is 13.2 Å². The Morgan fingerprint density at radius 3 is 2.59 bits per heavy atom. The van der Waals surface area contributed by atoms with Crippen molar-refractivity contribution in [3.63, 3.8) is 0 Å². The second kappa shape index (κ2) is 9.61. The molecule has 1 N–H and O–H groups in total. The molecule has 2 atom stereocenters. The smallest absolute Gasteiger partial charge is 0.384 e. The fourth-order valence-electron chi connectivity index (χ4n) is 5.02. The third-order valence-corrected chi connectivity index (χ3v) is 6.99. The summed E-state index contributed by atoms with van der Waals surface area (Å²) >= 11 is 0. The molecule has 2 aromatic carbocycles. The molecule has 2 heterocycles. The molecule has 0 saturated carbocycles. The first-order valence-electron chi connectivity index (χ1n) is 11.5. The highest BCUT2D eigenvalue weighted by atomic mass is 19.4. The van der Waals surface area contributed by atoms with E-state index in [-0.39, 0.29) is 5.69 Å². The molecule has 32 heavy (non-hydrogen) atoms. The summed E-state index contributed by atoms with van der Waals surface area (Å²) in [4.78, 5) is 2.68. The lowest BCUT2D eigenvalue weighted by molar-refractivity contribution is -0.137. The van der Waals surface area contributed by atoms with E-state index < -0.39 is 11.7 Å². The first kappa shape index (κ1) is 22.8. The highest BCUT2D eigenvalue weighted by molar-refractivity contribution is 5.62. The molecule has 4 nitrogen and oxygen atoms in total. The monoisotopic (exact) mass is 444 g/mol. The maximum absolute atomic E-state index is 12.9. The van der Waals surface area contributed by atoms with Gasteiger partial charge >= 0.3 is 6.18 Å². The highest BCUT2D eigenvalue weighted by Gasteiger charge is 2.33. The Morgan fingerprint density at radius 1 is 0.969 bits per heavy atom. The van der Waals surface area contributed by atoms with Crippen LogP contribution < -0.4 is 5.32 Å². The van der Waals surface area contributed by atoms with Crippen LogP contribution in [0.15, 0.2) is 46.6 Å². The fraction of sp³-hybridized carbons (Fsp3) is 0.520. The third kappa shape index (κ3) is 5.14. The van der Waals surface area contributed by atoms with Gasteiger partial charge in [0.15, 0.2) is 0 Å². The van der Waals surface area contributed by atoms with E-state index >= 15 is 0 Å². The van der Waals surface area contributed by atoms with Gasteiger partial charge in [0.1, 0.15) is 0 Å².